The van der Waals surface area contributed by atoms with Gasteiger partial charge in [0.25, 0.3) is 5.91 Å². The molecule has 0 bridgehead atoms. The maximum atomic E-state index is 12.4. The number of rotatable bonds is 6. The van der Waals surface area contributed by atoms with Crippen molar-refractivity contribution in [1.29, 1.82) is 0 Å². The zero-order valence-electron chi connectivity index (χ0n) is 19.5. The fourth-order valence-corrected chi connectivity index (χ4v) is 5.32. The summed E-state index contributed by atoms with van der Waals surface area (Å²) in [6, 6.07) is 15.3. The number of nitrogens with two attached hydrogens (primary N) is 2. The first kappa shape index (κ1) is 22.9. The van der Waals surface area contributed by atoms with Crippen molar-refractivity contribution in [2.75, 3.05) is 43.5 Å². The summed E-state index contributed by atoms with van der Waals surface area (Å²) in [7, 11) is 0. The normalized spacial score (nSPS) is 13.7. The molecule has 9 heteroatoms. The zero-order chi connectivity index (χ0) is 24.4. The quantitative estimate of drug-likeness (QED) is 0.284. The van der Waals surface area contributed by atoms with Crippen LogP contribution in [0.4, 0.5) is 11.5 Å². The number of nitrogens with one attached hydrogen (secondary N) is 1. The molecule has 3 heterocycles. The molecule has 0 atom stereocenters. The number of aromatic nitrogens is 2. The van der Waals surface area contributed by atoms with Crippen LogP contribution >= 0.6 is 11.3 Å². The monoisotopic (exact) mass is 487 g/mol. The van der Waals surface area contributed by atoms with Gasteiger partial charge in [0.05, 0.1) is 29.0 Å². The summed E-state index contributed by atoms with van der Waals surface area (Å²) in [4.78, 5) is 25.5. The first-order chi connectivity index (χ1) is 17.1. The second kappa shape index (κ2) is 9.81. The number of amides is 1. The average Bonchev–Trinajstić information content (AvgIpc) is 3.33. The molecule has 1 amide bonds. The van der Waals surface area contributed by atoms with Crippen LogP contribution in [-0.2, 0) is 4.74 Å². The SMILES string of the molecule is CCNC(=O)c1cccc(-c2cc3nc(-c4cccc(N)c4C=[NH2+])nc(N4CCOCC4)c3s2)c1. The molecule has 1 saturated heterocycles. The summed E-state index contributed by atoms with van der Waals surface area (Å²) < 4.78 is 6.57. The molecule has 5 rings (SSSR count). The Hall–Kier alpha value is -3.82. The van der Waals surface area contributed by atoms with E-state index in [1.165, 1.54) is 6.21 Å². The van der Waals surface area contributed by atoms with E-state index in [0.717, 1.165) is 45.1 Å². The number of hydrogen-bond donors (Lipinski definition) is 3. The number of fused-ring (bicyclic) bond motifs is 1. The van der Waals surface area contributed by atoms with Gasteiger partial charge in [0.1, 0.15) is 0 Å². The van der Waals surface area contributed by atoms with Crippen LogP contribution in [0.3, 0.4) is 0 Å². The second-order valence-corrected chi connectivity index (χ2v) is 9.26. The van der Waals surface area contributed by atoms with Gasteiger partial charge in [0, 0.05) is 41.3 Å². The molecular weight excluding hydrogens is 460 g/mol. The van der Waals surface area contributed by atoms with Gasteiger partial charge in [-0.15, -0.1) is 11.3 Å². The highest BCUT2D eigenvalue weighted by atomic mass is 32.1. The Morgan fingerprint density at radius 2 is 2.00 bits per heavy atom. The van der Waals surface area contributed by atoms with Crippen molar-refractivity contribution >= 4 is 45.2 Å². The van der Waals surface area contributed by atoms with Crippen LogP contribution in [0.25, 0.3) is 32.0 Å². The van der Waals surface area contributed by atoms with Crippen LogP contribution in [0, 0.1) is 0 Å². The highest BCUT2D eigenvalue weighted by Crippen LogP contribution is 2.39. The molecule has 4 aromatic rings. The van der Waals surface area contributed by atoms with Gasteiger partial charge in [-0.2, -0.15) is 0 Å². The largest absolute Gasteiger partial charge is 0.398 e. The predicted octanol–water partition coefficient (Wildman–Crippen LogP) is 2.37. The molecule has 8 nitrogen and oxygen atoms in total. The molecular formula is C26H27N6O2S+. The summed E-state index contributed by atoms with van der Waals surface area (Å²) in [6.07, 6.45) is 1.50. The third-order valence-corrected chi connectivity index (χ3v) is 7.13. The molecule has 178 valence electrons. The first-order valence-corrected chi connectivity index (χ1v) is 12.4. The molecule has 0 saturated carbocycles. The van der Waals surface area contributed by atoms with Gasteiger partial charge in [-0.25, -0.2) is 9.97 Å². The second-order valence-electron chi connectivity index (χ2n) is 8.21. The van der Waals surface area contributed by atoms with Gasteiger partial charge >= 0.3 is 0 Å². The van der Waals surface area contributed by atoms with Gasteiger partial charge in [0.2, 0.25) is 0 Å². The van der Waals surface area contributed by atoms with E-state index in [2.05, 4.69) is 16.3 Å². The maximum Gasteiger partial charge on any atom is 0.251 e. The number of anilines is 2. The summed E-state index contributed by atoms with van der Waals surface area (Å²) >= 11 is 1.63. The first-order valence-electron chi connectivity index (χ1n) is 11.6. The number of hydrogen-bond acceptors (Lipinski definition) is 7. The lowest BCUT2D eigenvalue weighted by Gasteiger charge is -2.28. The molecule has 2 aromatic carbocycles. The Labute approximate surface area is 207 Å². The summed E-state index contributed by atoms with van der Waals surface area (Å²) in [6.45, 7) is 5.28. The van der Waals surface area contributed by atoms with E-state index in [1.54, 1.807) is 11.3 Å². The van der Waals surface area contributed by atoms with Gasteiger partial charge in [-0.3, -0.25) is 10.2 Å². The minimum atomic E-state index is -0.0845. The molecule has 0 radical (unpaired) electrons. The summed E-state index contributed by atoms with van der Waals surface area (Å²) in [5.41, 5.74) is 10.7. The van der Waals surface area contributed by atoms with E-state index in [-0.39, 0.29) is 5.91 Å². The number of thiophene rings is 1. The van der Waals surface area contributed by atoms with Crippen LogP contribution in [0.5, 0.6) is 0 Å². The molecule has 5 N–H and O–H groups in total. The van der Waals surface area contributed by atoms with E-state index in [1.807, 2.05) is 49.4 Å². The lowest BCUT2D eigenvalue weighted by atomic mass is 10.1. The topological polar surface area (TPSA) is 119 Å². The van der Waals surface area contributed by atoms with Crippen LogP contribution in [0.1, 0.15) is 22.8 Å². The van der Waals surface area contributed by atoms with E-state index in [4.69, 9.17) is 25.8 Å². The third kappa shape index (κ3) is 4.48. The summed E-state index contributed by atoms with van der Waals surface area (Å²) in [5, 5.41) is 8.76. The Balaban J connectivity index is 1.67. The predicted molar refractivity (Wildman–Crippen MR) is 141 cm³/mol. The molecule has 0 aliphatic carbocycles. The Kier molecular flexibility index (Phi) is 6.43. The number of nitrogens with zero attached hydrogens (tertiary/aromatic N) is 3. The van der Waals surface area contributed by atoms with Crippen LogP contribution in [0.15, 0.2) is 48.5 Å². The van der Waals surface area contributed by atoms with Crippen molar-refractivity contribution in [1.82, 2.24) is 15.3 Å². The minimum Gasteiger partial charge on any atom is -0.398 e. The van der Waals surface area contributed by atoms with Gasteiger partial charge in [-0.1, -0.05) is 24.3 Å². The molecule has 2 aromatic heterocycles. The Morgan fingerprint density at radius 1 is 1.20 bits per heavy atom. The molecule has 35 heavy (non-hydrogen) atoms. The number of carbonyl (C=O) groups excluding carboxylic acids is 1. The average molecular weight is 488 g/mol. The molecule has 1 aliphatic heterocycles. The molecule has 1 aliphatic rings. The minimum absolute atomic E-state index is 0.0845. The molecule has 0 unspecified atom stereocenters. The van der Waals surface area contributed by atoms with Crippen molar-refractivity contribution < 1.29 is 14.9 Å². The molecule has 1 fully saturated rings. The van der Waals surface area contributed by atoms with Crippen molar-refractivity contribution in [3.05, 3.63) is 59.7 Å². The highest BCUT2D eigenvalue weighted by molar-refractivity contribution is 7.22. The fourth-order valence-electron chi connectivity index (χ4n) is 4.21. The van der Waals surface area contributed by atoms with Crippen molar-refractivity contribution in [2.24, 2.45) is 0 Å². The number of carbonyl (C=O) groups is 1. The van der Waals surface area contributed by atoms with Gasteiger partial charge < -0.3 is 20.7 Å². The number of benzene rings is 2. The van der Waals surface area contributed by atoms with Crippen LogP contribution in [0.2, 0.25) is 0 Å². The lowest BCUT2D eigenvalue weighted by molar-refractivity contribution is -0.104. The lowest BCUT2D eigenvalue weighted by Crippen LogP contribution is -2.37. The maximum absolute atomic E-state index is 12.4. The smallest absolute Gasteiger partial charge is 0.251 e. The summed E-state index contributed by atoms with van der Waals surface area (Å²) in [5.74, 6) is 1.36. The van der Waals surface area contributed by atoms with E-state index in [9.17, 15) is 4.79 Å². The van der Waals surface area contributed by atoms with Crippen molar-refractivity contribution in [2.45, 2.75) is 6.92 Å². The standard InChI is InChI=1S/C26H26N6O2S/c1-2-29-26(33)17-6-3-5-16(13-17)22-14-21-23(35-22)25(32-9-11-34-12-10-32)31-24(30-21)18-7-4-8-20(28)19(18)15-27/h3-8,13-15,27H,2,9-12,28H2,1H3,(H,29,33)/p+1. The number of nitrogen functional groups attached to an aromatic ring is 1. The Morgan fingerprint density at radius 3 is 2.77 bits per heavy atom. The van der Waals surface area contributed by atoms with Crippen molar-refractivity contribution in [3.63, 3.8) is 0 Å². The third-order valence-electron chi connectivity index (χ3n) is 5.96. The zero-order valence-corrected chi connectivity index (χ0v) is 20.3. The van der Waals surface area contributed by atoms with E-state index < -0.39 is 0 Å². The highest BCUT2D eigenvalue weighted by Gasteiger charge is 2.22. The van der Waals surface area contributed by atoms with E-state index in [0.29, 0.717) is 42.4 Å². The van der Waals surface area contributed by atoms with Crippen LogP contribution < -0.4 is 21.4 Å². The number of ether oxygens (including phenoxy) is 1. The number of morpholine rings is 1. The van der Waals surface area contributed by atoms with E-state index >= 15 is 0 Å². The Bertz CT molecular complexity index is 1410. The van der Waals surface area contributed by atoms with Gasteiger partial charge in [-0.05, 0) is 36.8 Å². The molecule has 0 spiro atoms. The van der Waals surface area contributed by atoms with Gasteiger partial charge in [0.15, 0.2) is 17.9 Å². The van der Waals surface area contributed by atoms with Crippen molar-refractivity contribution in [3.8, 4) is 21.8 Å². The van der Waals surface area contributed by atoms with Crippen LogP contribution in [-0.4, -0.2) is 54.9 Å². The fraction of sp³-hybridized carbons (Fsp3) is 0.231.